The van der Waals surface area contributed by atoms with Crippen LogP contribution in [0.15, 0.2) is 24.3 Å². The molecule has 0 spiro atoms. The zero-order valence-electron chi connectivity index (χ0n) is 13.6. The highest BCUT2D eigenvalue weighted by molar-refractivity contribution is 5.94. The van der Waals surface area contributed by atoms with Gasteiger partial charge in [-0.25, -0.2) is 0 Å². The predicted octanol–water partition coefficient (Wildman–Crippen LogP) is 1.07. The molecule has 1 saturated heterocycles. The normalized spacial score (nSPS) is 19.2. The van der Waals surface area contributed by atoms with Gasteiger partial charge < -0.3 is 25.8 Å². The fraction of sp³-hybridized carbons (Fsp3) is 0.500. The molecule has 2 rings (SSSR count). The van der Waals surface area contributed by atoms with Crippen molar-refractivity contribution in [2.24, 2.45) is 5.73 Å². The number of rotatable bonds is 7. The lowest BCUT2D eigenvalue weighted by Gasteiger charge is -2.13. The Labute approximate surface area is 147 Å². The zero-order valence-corrected chi connectivity index (χ0v) is 14.4. The highest BCUT2D eigenvalue weighted by Gasteiger charge is 2.29. The smallest absolute Gasteiger partial charge is 0.253 e. The summed E-state index contributed by atoms with van der Waals surface area (Å²) in [6.45, 7) is 0.744. The first-order chi connectivity index (χ1) is 11.1. The van der Waals surface area contributed by atoms with E-state index in [4.69, 9.17) is 15.2 Å². The SMILES string of the molecule is CNC(=O)CCOc1ccc(NC(=O)[C@@H]2CC[C@H](CN)O2)cc1.Cl. The summed E-state index contributed by atoms with van der Waals surface area (Å²) in [6.07, 6.45) is 1.34. The molecule has 0 aliphatic carbocycles. The molecule has 0 unspecified atom stereocenters. The molecule has 1 aromatic rings. The first-order valence-corrected chi connectivity index (χ1v) is 7.72. The van der Waals surface area contributed by atoms with E-state index in [1.54, 1.807) is 31.3 Å². The van der Waals surface area contributed by atoms with E-state index in [0.29, 0.717) is 37.4 Å². The number of halogens is 1. The zero-order chi connectivity index (χ0) is 16.7. The monoisotopic (exact) mass is 357 g/mol. The molecule has 0 bridgehead atoms. The molecular weight excluding hydrogens is 334 g/mol. The van der Waals surface area contributed by atoms with Crippen LogP contribution in [0.3, 0.4) is 0 Å². The lowest BCUT2D eigenvalue weighted by atomic mass is 10.2. The van der Waals surface area contributed by atoms with Gasteiger partial charge in [-0.3, -0.25) is 9.59 Å². The minimum atomic E-state index is -0.438. The van der Waals surface area contributed by atoms with Crippen LogP contribution in [0.4, 0.5) is 5.69 Å². The van der Waals surface area contributed by atoms with Crippen LogP contribution >= 0.6 is 12.4 Å². The molecule has 4 N–H and O–H groups in total. The maximum absolute atomic E-state index is 12.1. The van der Waals surface area contributed by atoms with Crippen molar-refractivity contribution in [1.29, 1.82) is 0 Å². The largest absolute Gasteiger partial charge is 0.493 e. The van der Waals surface area contributed by atoms with E-state index in [9.17, 15) is 9.59 Å². The Balaban J connectivity index is 0.00000288. The molecule has 0 radical (unpaired) electrons. The number of anilines is 1. The van der Waals surface area contributed by atoms with Gasteiger partial charge in [-0.2, -0.15) is 0 Å². The summed E-state index contributed by atoms with van der Waals surface area (Å²) in [6, 6.07) is 7.00. The summed E-state index contributed by atoms with van der Waals surface area (Å²) in [5.74, 6) is 0.419. The number of amides is 2. The van der Waals surface area contributed by atoms with Gasteiger partial charge in [0.2, 0.25) is 5.91 Å². The first-order valence-electron chi connectivity index (χ1n) is 7.72. The molecule has 2 amide bonds. The number of ether oxygens (including phenoxy) is 2. The van der Waals surface area contributed by atoms with Gasteiger partial charge in [-0.1, -0.05) is 0 Å². The van der Waals surface area contributed by atoms with Crippen LogP contribution in [0.2, 0.25) is 0 Å². The fourth-order valence-corrected chi connectivity index (χ4v) is 2.32. The van der Waals surface area contributed by atoms with Crippen molar-refractivity contribution in [3.05, 3.63) is 24.3 Å². The Kier molecular flexibility index (Phi) is 8.53. The molecule has 1 heterocycles. The van der Waals surface area contributed by atoms with Crippen LogP contribution < -0.4 is 21.1 Å². The van der Waals surface area contributed by atoms with E-state index in [0.717, 1.165) is 6.42 Å². The second kappa shape index (κ2) is 10.1. The lowest BCUT2D eigenvalue weighted by Crippen LogP contribution is -2.29. The third kappa shape index (κ3) is 5.99. The number of nitrogens with two attached hydrogens (primary N) is 1. The van der Waals surface area contributed by atoms with Crippen LogP contribution in [-0.2, 0) is 14.3 Å². The van der Waals surface area contributed by atoms with Crippen LogP contribution in [-0.4, -0.2) is 44.2 Å². The van der Waals surface area contributed by atoms with E-state index in [-0.39, 0.29) is 30.3 Å². The Morgan fingerprint density at radius 1 is 1.29 bits per heavy atom. The van der Waals surface area contributed by atoms with E-state index in [1.165, 1.54) is 0 Å². The molecule has 1 aliphatic rings. The Hall–Kier alpha value is -1.83. The number of carbonyl (C=O) groups excluding carboxylic acids is 2. The molecule has 24 heavy (non-hydrogen) atoms. The molecule has 1 aromatic carbocycles. The number of carbonyl (C=O) groups is 2. The topological polar surface area (TPSA) is 103 Å². The second-order valence-corrected chi connectivity index (χ2v) is 5.35. The van der Waals surface area contributed by atoms with Crippen molar-refractivity contribution in [2.45, 2.75) is 31.5 Å². The Bertz CT molecular complexity index is 539. The van der Waals surface area contributed by atoms with Gasteiger partial charge in [0.1, 0.15) is 11.9 Å². The van der Waals surface area contributed by atoms with Crippen LogP contribution in [0.1, 0.15) is 19.3 Å². The summed E-state index contributed by atoms with van der Waals surface area (Å²) in [5, 5.41) is 5.34. The van der Waals surface area contributed by atoms with Gasteiger partial charge in [0, 0.05) is 19.3 Å². The summed E-state index contributed by atoms with van der Waals surface area (Å²) >= 11 is 0. The van der Waals surface area contributed by atoms with Crippen molar-refractivity contribution in [1.82, 2.24) is 5.32 Å². The van der Waals surface area contributed by atoms with Crippen molar-refractivity contribution in [3.8, 4) is 5.75 Å². The maximum Gasteiger partial charge on any atom is 0.253 e. The van der Waals surface area contributed by atoms with Crippen LogP contribution in [0, 0.1) is 0 Å². The third-order valence-electron chi connectivity index (χ3n) is 3.66. The van der Waals surface area contributed by atoms with Crippen molar-refractivity contribution >= 4 is 29.9 Å². The van der Waals surface area contributed by atoms with Gasteiger partial charge in [-0.15, -0.1) is 12.4 Å². The molecule has 1 fully saturated rings. The number of hydrogen-bond acceptors (Lipinski definition) is 5. The minimum Gasteiger partial charge on any atom is -0.493 e. The van der Waals surface area contributed by atoms with E-state index in [2.05, 4.69) is 10.6 Å². The van der Waals surface area contributed by atoms with Crippen molar-refractivity contribution < 1.29 is 19.1 Å². The standard InChI is InChI=1S/C16H23N3O4.ClH/c1-18-15(20)8-9-22-12-4-2-11(3-5-12)19-16(21)14-7-6-13(10-17)23-14;/h2-5,13-14H,6-10,17H2,1H3,(H,18,20)(H,19,21);1H/t13-,14+;/m1./s1. The van der Waals surface area contributed by atoms with Crippen molar-refractivity contribution in [2.75, 3.05) is 25.5 Å². The van der Waals surface area contributed by atoms with E-state index in [1.807, 2.05) is 0 Å². The average Bonchev–Trinajstić information content (AvgIpc) is 3.05. The molecule has 1 aliphatic heterocycles. The Morgan fingerprint density at radius 3 is 2.58 bits per heavy atom. The number of benzene rings is 1. The molecule has 7 nitrogen and oxygen atoms in total. The summed E-state index contributed by atoms with van der Waals surface area (Å²) < 4.78 is 11.0. The summed E-state index contributed by atoms with van der Waals surface area (Å²) in [7, 11) is 1.59. The highest BCUT2D eigenvalue weighted by Crippen LogP contribution is 2.21. The molecule has 0 saturated carbocycles. The molecule has 2 atom stereocenters. The Morgan fingerprint density at radius 2 is 2.00 bits per heavy atom. The minimum absolute atomic E-state index is 0. The highest BCUT2D eigenvalue weighted by atomic mass is 35.5. The number of nitrogens with one attached hydrogen (secondary N) is 2. The van der Waals surface area contributed by atoms with Gasteiger partial charge in [0.15, 0.2) is 0 Å². The van der Waals surface area contributed by atoms with Crippen molar-refractivity contribution in [3.63, 3.8) is 0 Å². The summed E-state index contributed by atoms with van der Waals surface area (Å²) in [4.78, 5) is 23.2. The van der Waals surface area contributed by atoms with Crippen LogP contribution in [0.25, 0.3) is 0 Å². The second-order valence-electron chi connectivity index (χ2n) is 5.35. The quantitative estimate of drug-likeness (QED) is 0.677. The van der Waals surface area contributed by atoms with E-state index < -0.39 is 6.10 Å². The van der Waals surface area contributed by atoms with E-state index >= 15 is 0 Å². The predicted molar refractivity (Wildman–Crippen MR) is 93.4 cm³/mol. The lowest BCUT2D eigenvalue weighted by molar-refractivity contribution is -0.126. The van der Waals surface area contributed by atoms with Gasteiger partial charge in [0.05, 0.1) is 19.1 Å². The van der Waals surface area contributed by atoms with Gasteiger partial charge in [-0.05, 0) is 37.1 Å². The fourth-order valence-electron chi connectivity index (χ4n) is 2.32. The third-order valence-corrected chi connectivity index (χ3v) is 3.66. The van der Waals surface area contributed by atoms with Gasteiger partial charge >= 0.3 is 0 Å². The van der Waals surface area contributed by atoms with Crippen LogP contribution in [0.5, 0.6) is 5.75 Å². The average molecular weight is 358 g/mol. The van der Waals surface area contributed by atoms with Gasteiger partial charge in [0.25, 0.3) is 5.91 Å². The molecular formula is C16H24ClN3O4. The molecule has 0 aromatic heterocycles. The summed E-state index contributed by atoms with van der Waals surface area (Å²) in [5.41, 5.74) is 6.21. The number of hydrogen-bond donors (Lipinski definition) is 3. The molecule has 134 valence electrons. The maximum atomic E-state index is 12.1. The first kappa shape index (κ1) is 20.2. The molecule has 8 heteroatoms.